The molecule has 20 heavy (non-hydrogen) atoms. The molecule has 2 aromatic heterocycles. The van der Waals surface area contributed by atoms with Crippen LogP contribution in [0, 0.1) is 5.82 Å². The number of hydrogen-bond acceptors (Lipinski definition) is 3. The molecule has 5 heteroatoms. The lowest BCUT2D eigenvalue weighted by atomic mass is 10.2. The van der Waals surface area contributed by atoms with Gasteiger partial charge in [-0.05, 0) is 29.1 Å². The lowest BCUT2D eigenvalue weighted by molar-refractivity contribution is 0.112. The molecule has 2 heterocycles. The quantitative estimate of drug-likeness (QED) is 0.687. The maximum Gasteiger partial charge on any atom is 0.153 e. The maximum atomic E-state index is 12.9. The number of halogens is 1. The van der Waals surface area contributed by atoms with E-state index in [1.807, 2.05) is 17.5 Å². The normalized spacial score (nSPS) is 10.7. The van der Waals surface area contributed by atoms with Crippen molar-refractivity contribution in [1.29, 1.82) is 0 Å². The van der Waals surface area contributed by atoms with Gasteiger partial charge in [-0.25, -0.2) is 4.39 Å². The molecule has 0 saturated heterocycles. The van der Waals surface area contributed by atoms with E-state index >= 15 is 0 Å². The molecule has 0 aliphatic rings. The minimum atomic E-state index is -0.262. The Morgan fingerprint density at radius 1 is 1.25 bits per heavy atom. The molecule has 0 N–H and O–H groups in total. The first-order chi connectivity index (χ1) is 9.76. The molecule has 0 aliphatic heterocycles. The van der Waals surface area contributed by atoms with Crippen LogP contribution in [0.25, 0.3) is 10.6 Å². The number of benzene rings is 1. The van der Waals surface area contributed by atoms with Crippen molar-refractivity contribution >= 4 is 17.6 Å². The smallest absolute Gasteiger partial charge is 0.153 e. The fourth-order valence-electron chi connectivity index (χ4n) is 1.99. The zero-order valence-corrected chi connectivity index (χ0v) is 11.3. The molecule has 0 atom stereocenters. The zero-order valence-electron chi connectivity index (χ0n) is 10.5. The summed E-state index contributed by atoms with van der Waals surface area (Å²) in [5.74, 6) is -0.262. The van der Waals surface area contributed by atoms with Crippen molar-refractivity contribution in [3.63, 3.8) is 0 Å². The predicted octanol–water partition coefficient (Wildman–Crippen LogP) is 3.61. The molecule has 0 fully saturated rings. The summed E-state index contributed by atoms with van der Waals surface area (Å²) < 4.78 is 14.6. The second kappa shape index (κ2) is 5.38. The molecule has 0 bridgehead atoms. The van der Waals surface area contributed by atoms with Crippen LogP contribution in [0.2, 0.25) is 0 Å². The topological polar surface area (TPSA) is 34.9 Å². The minimum absolute atomic E-state index is 0.262. The summed E-state index contributed by atoms with van der Waals surface area (Å²) in [6.45, 7) is 0.506. The van der Waals surface area contributed by atoms with Crippen molar-refractivity contribution in [2.75, 3.05) is 0 Å². The van der Waals surface area contributed by atoms with E-state index in [-0.39, 0.29) is 5.82 Å². The number of aldehydes is 1. The van der Waals surface area contributed by atoms with Gasteiger partial charge in [0, 0.05) is 6.20 Å². The van der Waals surface area contributed by atoms with Gasteiger partial charge in [0.05, 0.1) is 17.0 Å². The van der Waals surface area contributed by atoms with Crippen LogP contribution < -0.4 is 0 Å². The molecule has 1 aromatic carbocycles. The van der Waals surface area contributed by atoms with E-state index in [1.165, 1.54) is 12.1 Å². The van der Waals surface area contributed by atoms with Crippen molar-refractivity contribution in [2.45, 2.75) is 6.54 Å². The van der Waals surface area contributed by atoms with Crippen molar-refractivity contribution < 1.29 is 9.18 Å². The highest BCUT2D eigenvalue weighted by molar-refractivity contribution is 7.13. The van der Waals surface area contributed by atoms with Gasteiger partial charge in [-0.1, -0.05) is 18.2 Å². The minimum Gasteiger partial charge on any atom is -0.298 e. The highest BCUT2D eigenvalue weighted by atomic mass is 32.1. The summed E-state index contributed by atoms with van der Waals surface area (Å²) in [7, 11) is 0. The molecule has 0 amide bonds. The second-order valence-electron chi connectivity index (χ2n) is 4.35. The van der Waals surface area contributed by atoms with E-state index in [4.69, 9.17) is 0 Å². The number of thiophene rings is 1. The standard InChI is InChI=1S/C15H11FN2OS/c16-13-5-3-11(4-6-13)8-18-9-12(10-19)15(17-18)14-2-1-7-20-14/h1-7,9-10H,8H2. The van der Waals surface area contributed by atoms with Crippen LogP contribution in [0.4, 0.5) is 4.39 Å². The first-order valence-electron chi connectivity index (χ1n) is 6.07. The lowest BCUT2D eigenvalue weighted by Gasteiger charge is -2.01. The van der Waals surface area contributed by atoms with Gasteiger partial charge in [-0.15, -0.1) is 11.3 Å². The molecular weight excluding hydrogens is 275 g/mol. The predicted molar refractivity (Wildman–Crippen MR) is 76.4 cm³/mol. The summed E-state index contributed by atoms with van der Waals surface area (Å²) in [5.41, 5.74) is 2.19. The SMILES string of the molecule is O=Cc1cn(Cc2ccc(F)cc2)nc1-c1cccs1. The van der Waals surface area contributed by atoms with Crippen LogP contribution >= 0.6 is 11.3 Å². The average molecular weight is 286 g/mol. The molecule has 0 aliphatic carbocycles. The Kier molecular flexibility index (Phi) is 3.43. The van der Waals surface area contributed by atoms with Gasteiger partial charge < -0.3 is 0 Å². The molecule has 3 nitrogen and oxygen atoms in total. The van der Waals surface area contributed by atoms with Crippen molar-refractivity contribution in [1.82, 2.24) is 9.78 Å². The molecule has 0 saturated carbocycles. The Bertz CT molecular complexity index is 717. The third kappa shape index (κ3) is 2.53. The summed E-state index contributed by atoms with van der Waals surface area (Å²) in [5, 5.41) is 6.39. The van der Waals surface area contributed by atoms with E-state index < -0.39 is 0 Å². The largest absolute Gasteiger partial charge is 0.298 e. The Hall–Kier alpha value is -2.27. The summed E-state index contributed by atoms with van der Waals surface area (Å²) in [6.07, 6.45) is 2.52. The molecule has 3 aromatic rings. The van der Waals surface area contributed by atoms with Crippen LogP contribution in [-0.4, -0.2) is 16.1 Å². The number of aromatic nitrogens is 2. The average Bonchev–Trinajstić information content (AvgIpc) is 3.10. The lowest BCUT2D eigenvalue weighted by Crippen LogP contribution is -2.00. The number of hydrogen-bond donors (Lipinski definition) is 0. The monoisotopic (exact) mass is 286 g/mol. The number of carbonyl (C=O) groups is 1. The third-order valence-electron chi connectivity index (χ3n) is 2.93. The van der Waals surface area contributed by atoms with E-state index in [0.29, 0.717) is 17.8 Å². The molecular formula is C15H11FN2OS. The maximum absolute atomic E-state index is 12.9. The van der Waals surface area contributed by atoms with Crippen LogP contribution in [-0.2, 0) is 6.54 Å². The van der Waals surface area contributed by atoms with Crippen LogP contribution in [0.1, 0.15) is 15.9 Å². The van der Waals surface area contributed by atoms with Crippen LogP contribution in [0.3, 0.4) is 0 Å². The number of nitrogens with zero attached hydrogens (tertiary/aromatic N) is 2. The van der Waals surface area contributed by atoms with Gasteiger partial charge in [0.1, 0.15) is 11.5 Å². The Morgan fingerprint density at radius 3 is 2.70 bits per heavy atom. The van der Waals surface area contributed by atoms with Gasteiger partial charge in [0.2, 0.25) is 0 Å². The van der Waals surface area contributed by atoms with Crippen molar-refractivity contribution in [2.24, 2.45) is 0 Å². The van der Waals surface area contributed by atoms with Gasteiger partial charge in [0.25, 0.3) is 0 Å². The van der Waals surface area contributed by atoms with E-state index in [1.54, 1.807) is 34.3 Å². The summed E-state index contributed by atoms with van der Waals surface area (Å²) >= 11 is 1.54. The molecule has 3 rings (SSSR count). The van der Waals surface area contributed by atoms with Crippen LogP contribution in [0.15, 0.2) is 48.0 Å². The van der Waals surface area contributed by atoms with E-state index in [9.17, 15) is 9.18 Å². The van der Waals surface area contributed by atoms with Gasteiger partial charge in [0.15, 0.2) is 6.29 Å². The molecule has 0 spiro atoms. The fourth-order valence-corrected chi connectivity index (χ4v) is 2.72. The molecule has 0 unspecified atom stereocenters. The Balaban J connectivity index is 1.91. The van der Waals surface area contributed by atoms with Crippen molar-refractivity contribution in [3.05, 3.63) is 64.9 Å². The number of carbonyl (C=O) groups excluding carboxylic acids is 1. The second-order valence-corrected chi connectivity index (χ2v) is 5.30. The van der Waals surface area contributed by atoms with Gasteiger partial charge >= 0.3 is 0 Å². The van der Waals surface area contributed by atoms with Gasteiger partial charge in [-0.3, -0.25) is 9.48 Å². The highest BCUT2D eigenvalue weighted by Gasteiger charge is 2.11. The van der Waals surface area contributed by atoms with Gasteiger partial charge in [-0.2, -0.15) is 5.10 Å². The first-order valence-corrected chi connectivity index (χ1v) is 6.95. The molecule has 100 valence electrons. The first kappa shape index (κ1) is 12.7. The zero-order chi connectivity index (χ0) is 13.9. The fraction of sp³-hybridized carbons (Fsp3) is 0.0667. The highest BCUT2D eigenvalue weighted by Crippen LogP contribution is 2.25. The van der Waals surface area contributed by atoms with Crippen LogP contribution in [0.5, 0.6) is 0 Å². The third-order valence-corrected chi connectivity index (χ3v) is 3.81. The molecule has 0 radical (unpaired) electrons. The van der Waals surface area contributed by atoms with E-state index in [2.05, 4.69) is 5.10 Å². The van der Waals surface area contributed by atoms with E-state index in [0.717, 1.165) is 16.7 Å². The Labute approximate surface area is 119 Å². The summed E-state index contributed by atoms with van der Waals surface area (Å²) in [6, 6.07) is 10.1. The number of rotatable bonds is 4. The summed E-state index contributed by atoms with van der Waals surface area (Å²) in [4.78, 5) is 12.1. The van der Waals surface area contributed by atoms with Crippen molar-refractivity contribution in [3.8, 4) is 10.6 Å². The Morgan fingerprint density at radius 2 is 2.05 bits per heavy atom.